The van der Waals surface area contributed by atoms with Crippen molar-refractivity contribution < 1.29 is 14.6 Å². The average molecular weight is 264 g/mol. The number of aromatic nitrogens is 1. The molecule has 0 saturated carbocycles. The van der Waals surface area contributed by atoms with Gasteiger partial charge in [-0.05, 0) is 29.8 Å². The first-order valence-corrected chi connectivity index (χ1v) is 5.60. The second-order valence-electron chi connectivity index (χ2n) is 3.57. The van der Waals surface area contributed by atoms with Crippen molar-refractivity contribution in [3.8, 4) is 5.75 Å². The molecule has 1 N–H and O–H groups in total. The lowest BCUT2D eigenvalue weighted by Crippen LogP contribution is -2.03. The Morgan fingerprint density at radius 2 is 2.11 bits per heavy atom. The fraction of sp³-hybridized carbons (Fsp3) is 0.0769. The molecule has 1 aromatic carbocycles. The monoisotopic (exact) mass is 263 g/mol. The number of halogens is 1. The number of aromatic carboxylic acids is 1. The number of benzene rings is 1. The third-order valence-corrected chi connectivity index (χ3v) is 2.59. The summed E-state index contributed by atoms with van der Waals surface area (Å²) in [6.07, 6.45) is 1.44. The molecule has 0 radical (unpaired) electrons. The van der Waals surface area contributed by atoms with E-state index in [9.17, 15) is 4.79 Å². The van der Waals surface area contributed by atoms with Gasteiger partial charge in [0.1, 0.15) is 18.1 Å². The third kappa shape index (κ3) is 2.99. The molecular weight excluding hydrogens is 254 g/mol. The Labute approximate surface area is 109 Å². The number of pyridine rings is 1. The van der Waals surface area contributed by atoms with Crippen LogP contribution in [0.3, 0.4) is 0 Å². The minimum atomic E-state index is -1.06. The zero-order valence-electron chi connectivity index (χ0n) is 9.34. The van der Waals surface area contributed by atoms with Gasteiger partial charge in [-0.25, -0.2) is 9.78 Å². The van der Waals surface area contributed by atoms with Crippen molar-refractivity contribution in [2.24, 2.45) is 0 Å². The van der Waals surface area contributed by atoms with Crippen LogP contribution in [0.4, 0.5) is 0 Å². The lowest BCUT2D eigenvalue weighted by atomic mass is 10.2. The van der Waals surface area contributed by atoms with Gasteiger partial charge >= 0.3 is 5.97 Å². The molecule has 0 aliphatic heterocycles. The van der Waals surface area contributed by atoms with Crippen molar-refractivity contribution in [1.29, 1.82) is 0 Å². The van der Waals surface area contributed by atoms with Crippen LogP contribution >= 0.6 is 11.6 Å². The van der Waals surface area contributed by atoms with Gasteiger partial charge in [-0.3, -0.25) is 0 Å². The van der Waals surface area contributed by atoms with Crippen molar-refractivity contribution in [3.63, 3.8) is 0 Å². The molecule has 0 spiro atoms. The maximum absolute atomic E-state index is 10.8. The smallest absolute Gasteiger partial charge is 0.354 e. The van der Waals surface area contributed by atoms with E-state index in [1.165, 1.54) is 12.3 Å². The molecule has 0 saturated heterocycles. The molecule has 0 unspecified atom stereocenters. The molecule has 18 heavy (non-hydrogen) atoms. The predicted octanol–water partition coefficient (Wildman–Crippen LogP) is 3.01. The Hall–Kier alpha value is -2.07. The highest BCUT2D eigenvalue weighted by atomic mass is 35.5. The minimum Gasteiger partial charge on any atom is -0.487 e. The highest BCUT2D eigenvalue weighted by Gasteiger charge is 2.06. The van der Waals surface area contributed by atoms with E-state index < -0.39 is 5.97 Å². The highest BCUT2D eigenvalue weighted by Crippen LogP contribution is 2.24. The van der Waals surface area contributed by atoms with E-state index in [0.717, 1.165) is 5.56 Å². The van der Waals surface area contributed by atoms with E-state index in [1.807, 2.05) is 12.1 Å². The van der Waals surface area contributed by atoms with Crippen LogP contribution in [0.5, 0.6) is 5.75 Å². The van der Waals surface area contributed by atoms with E-state index in [0.29, 0.717) is 10.8 Å². The Kier molecular flexibility index (Phi) is 3.79. The zero-order valence-corrected chi connectivity index (χ0v) is 10.1. The maximum Gasteiger partial charge on any atom is 0.354 e. The van der Waals surface area contributed by atoms with E-state index in [-0.39, 0.29) is 12.3 Å². The van der Waals surface area contributed by atoms with Crippen LogP contribution in [0.15, 0.2) is 42.6 Å². The quantitative estimate of drug-likeness (QED) is 0.921. The Morgan fingerprint density at radius 1 is 1.33 bits per heavy atom. The number of rotatable bonds is 4. The largest absolute Gasteiger partial charge is 0.487 e. The second-order valence-corrected chi connectivity index (χ2v) is 3.98. The van der Waals surface area contributed by atoms with Crippen LogP contribution in [-0.2, 0) is 6.61 Å². The average Bonchev–Trinajstić information content (AvgIpc) is 2.38. The summed E-state index contributed by atoms with van der Waals surface area (Å²) < 4.78 is 5.50. The number of nitrogens with zero attached hydrogens (tertiary/aromatic N) is 1. The minimum absolute atomic E-state index is 0.00439. The van der Waals surface area contributed by atoms with Crippen molar-refractivity contribution in [1.82, 2.24) is 4.98 Å². The number of carboxylic acids is 1. The molecule has 2 aromatic rings. The lowest BCUT2D eigenvalue weighted by Gasteiger charge is -2.07. The number of hydrogen-bond donors (Lipinski definition) is 1. The summed E-state index contributed by atoms with van der Waals surface area (Å²) in [5.41, 5.74) is 0.720. The fourth-order valence-electron chi connectivity index (χ4n) is 1.40. The first-order chi connectivity index (χ1) is 8.66. The van der Waals surface area contributed by atoms with Gasteiger partial charge in [0.05, 0.1) is 5.02 Å². The van der Waals surface area contributed by atoms with Gasteiger partial charge < -0.3 is 9.84 Å². The first-order valence-electron chi connectivity index (χ1n) is 5.22. The SMILES string of the molecule is O=C(O)c1cc(COc2ccccc2Cl)ccn1. The number of hydrogen-bond acceptors (Lipinski definition) is 3. The highest BCUT2D eigenvalue weighted by molar-refractivity contribution is 6.32. The maximum atomic E-state index is 10.8. The number of para-hydroxylation sites is 1. The normalized spacial score (nSPS) is 10.1. The summed E-state index contributed by atoms with van der Waals surface area (Å²) in [7, 11) is 0. The topological polar surface area (TPSA) is 59.4 Å². The molecule has 0 fully saturated rings. The van der Waals surface area contributed by atoms with Crippen molar-refractivity contribution in [3.05, 3.63) is 58.9 Å². The van der Waals surface area contributed by atoms with Gasteiger partial charge in [0, 0.05) is 6.20 Å². The van der Waals surface area contributed by atoms with Crippen LogP contribution in [-0.4, -0.2) is 16.1 Å². The van der Waals surface area contributed by atoms with E-state index in [1.54, 1.807) is 18.2 Å². The zero-order chi connectivity index (χ0) is 13.0. The number of carbonyl (C=O) groups is 1. The lowest BCUT2D eigenvalue weighted by molar-refractivity contribution is 0.0690. The molecule has 5 heteroatoms. The Bertz CT molecular complexity index is 572. The van der Waals surface area contributed by atoms with Crippen LogP contribution in [0.1, 0.15) is 16.1 Å². The number of carboxylic acid groups (broad SMARTS) is 1. The van der Waals surface area contributed by atoms with Crippen LogP contribution in [0.2, 0.25) is 5.02 Å². The molecule has 92 valence electrons. The molecule has 0 atom stereocenters. The van der Waals surface area contributed by atoms with Crippen molar-refractivity contribution >= 4 is 17.6 Å². The molecule has 1 heterocycles. The van der Waals surface area contributed by atoms with E-state index in [2.05, 4.69) is 4.98 Å². The molecule has 0 aliphatic rings. The second kappa shape index (κ2) is 5.51. The summed E-state index contributed by atoms with van der Waals surface area (Å²) in [6, 6.07) is 10.3. The Morgan fingerprint density at radius 3 is 2.83 bits per heavy atom. The molecule has 0 bridgehead atoms. The van der Waals surface area contributed by atoms with Crippen molar-refractivity contribution in [2.75, 3.05) is 0 Å². The summed E-state index contributed by atoms with van der Waals surface area (Å²) in [5, 5.41) is 9.33. The van der Waals surface area contributed by atoms with Crippen LogP contribution in [0.25, 0.3) is 0 Å². The number of ether oxygens (including phenoxy) is 1. The fourth-order valence-corrected chi connectivity index (χ4v) is 1.59. The van der Waals surface area contributed by atoms with Gasteiger partial charge in [-0.15, -0.1) is 0 Å². The van der Waals surface area contributed by atoms with Crippen LogP contribution < -0.4 is 4.74 Å². The summed E-state index contributed by atoms with van der Waals surface area (Å²) in [6.45, 7) is 0.243. The standard InChI is InChI=1S/C13H10ClNO3/c14-10-3-1-2-4-12(10)18-8-9-5-6-15-11(7-9)13(16)17/h1-7H,8H2,(H,16,17). The van der Waals surface area contributed by atoms with Gasteiger partial charge in [0.2, 0.25) is 0 Å². The molecule has 4 nitrogen and oxygen atoms in total. The van der Waals surface area contributed by atoms with Gasteiger partial charge in [-0.1, -0.05) is 23.7 Å². The van der Waals surface area contributed by atoms with Gasteiger partial charge in [0.15, 0.2) is 0 Å². The van der Waals surface area contributed by atoms with Crippen LogP contribution in [0, 0.1) is 0 Å². The van der Waals surface area contributed by atoms with Gasteiger partial charge in [0.25, 0.3) is 0 Å². The predicted molar refractivity (Wildman–Crippen MR) is 67.0 cm³/mol. The molecule has 2 rings (SSSR count). The Balaban J connectivity index is 2.09. The third-order valence-electron chi connectivity index (χ3n) is 2.27. The van der Waals surface area contributed by atoms with Gasteiger partial charge in [-0.2, -0.15) is 0 Å². The first kappa shape index (κ1) is 12.4. The molecular formula is C13H10ClNO3. The van der Waals surface area contributed by atoms with E-state index in [4.69, 9.17) is 21.4 Å². The summed E-state index contributed by atoms with van der Waals surface area (Å²) in [4.78, 5) is 14.5. The summed E-state index contributed by atoms with van der Waals surface area (Å²) in [5.74, 6) is -0.498. The van der Waals surface area contributed by atoms with E-state index >= 15 is 0 Å². The molecule has 1 aromatic heterocycles. The summed E-state index contributed by atoms with van der Waals surface area (Å²) >= 11 is 5.94. The molecule has 0 amide bonds. The van der Waals surface area contributed by atoms with Crippen molar-refractivity contribution in [2.45, 2.75) is 6.61 Å². The molecule has 0 aliphatic carbocycles.